The van der Waals surface area contributed by atoms with Gasteiger partial charge in [-0.1, -0.05) is 6.42 Å². The number of H-pyrrole nitrogens is 1. The van der Waals surface area contributed by atoms with Crippen molar-refractivity contribution in [3.05, 3.63) is 32.2 Å². The van der Waals surface area contributed by atoms with Crippen molar-refractivity contribution in [1.29, 1.82) is 0 Å². The van der Waals surface area contributed by atoms with Gasteiger partial charge in [0.15, 0.2) is 11.6 Å². The van der Waals surface area contributed by atoms with E-state index in [2.05, 4.69) is 4.98 Å². The van der Waals surface area contributed by atoms with Crippen LogP contribution in [0.1, 0.15) is 43.7 Å². The third-order valence-corrected chi connectivity index (χ3v) is 6.98. The van der Waals surface area contributed by atoms with Crippen LogP contribution >= 0.6 is 0 Å². The highest BCUT2D eigenvalue weighted by Gasteiger charge is 2.42. The van der Waals surface area contributed by atoms with Crippen LogP contribution in [0.3, 0.4) is 0 Å². The van der Waals surface area contributed by atoms with E-state index in [1.165, 1.54) is 7.11 Å². The van der Waals surface area contributed by atoms with Crippen LogP contribution < -0.4 is 20.9 Å². The second-order valence-electron chi connectivity index (χ2n) is 8.73. The minimum atomic E-state index is -0.589. The van der Waals surface area contributed by atoms with Crippen LogP contribution in [0.15, 0.2) is 9.59 Å². The van der Waals surface area contributed by atoms with Crippen molar-refractivity contribution in [2.45, 2.75) is 51.2 Å². The lowest BCUT2D eigenvalue weighted by molar-refractivity contribution is 0.0565. The molecular formula is C21H26FN3O4. The molecule has 0 radical (unpaired) electrons. The molecule has 2 aliphatic carbocycles. The van der Waals surface area contributed by atoms with Gasteiger partial charge in [-0.2, -0.15) is 0 Å². The van der Waals surface area contributed by atoms with E-state index in [-0.39, 0.29) is 34.8 Å². The van der Waals surface area contributed by atoms with Gasteiger partial charge in [-0.05, 0) is 38.5 Å². The number of aliphatic hydroxyl groups is 1. The van der Waals surface area contributed by atoms with Gasteiger partial charge in [0.1, 0.15) is 11.2 Å². The van der Waals surface area contributed by atoms with Crippen LogP contribution in [0, 0.1) is 24.6 Å². The molecular weight excluding hydrogens is 377 g/mol. The van der Waals surface area contributed by atoms with E-state index in [0.29, 0.717) is 30.2 Å². The van der Waals surface area contributed by atoms with Crippen molar-refractivity contribution in [3.8, 4) is 5.75 Å². The monoisotopic (exact) mass is 403 g/mol. The SMILES string of the molecule is COc1c(N2CC3CCCC(O)C3C2)c(F)c(C)c2c(=O)[nH]c(=O)n(C3CC3)c12. The molecule has 3 fully saturated rings. The molecule has 0 bridgehead atoms. The zero-order chi connectivity index (χ0) is 20.4. The van der Waals surface area contributed by atoms with Crippen molar-refractivity contribution >= 4 is 16.6 Å². The van der Waals surface area contributed by atoms with E-state index in [4.69, 9.17) is 4.74 Å². The fourth-order valence-electron chi connectivity index (χ4n) is 5.40. The number of ether oxygens (including phenoxy) is 1. The molecule has 1 aromatic heterocycles. The molecule has 3 aliphatic rings. The summed E-state index contributed by atoms with van der Waals surface area (Å²) in [6.07, 6.45) is 4.08. The van der Waals surface area contributed by atoms with Crippen LogP contribution in [0.2, 0.25) is 0 Å². The van der Waals surface area contributed by atoms with E-state index in [1.807, 2.05) is 4.90 Å². The topological polar surface area (TPSA) is 87.6 Å². The summed E-state index contributed by atoms with van der Waals surface area (Å²) in [6.45, 7) is 2.76. The zero-order valence-corrected chi connectivity index (χ0v) is 16.7. The average Bonchev–Trinajstić information content (AvgIpc) is 3.41. The van der Waals surface area contributed by atoms with Crippen LogP contribution in [0.25, 0.3) is 10.9 Å². The number of methoxy groups -OCH3 is 1. The maximum absolute atomic E-state index is 15.6. The molecule has 0 spiro atoms. The largest absolute Gasteiger partial charge is 0.492 e. The molecule has 1 saturated heterocycles. The minimum absolute atomic E-state index is 0.00329. The molecule has 5 rings (SSSR count). The summed E-state index contributed by atoms with van der Waals surface area (Å²) in [5.41, 5.74) is -0.159. The van der Waals surface area contributed by atoms with Crippen LogP contribution in [0.4, 0.5) is 10.1 Å². The predicted molar refractivity (Wildman–Crippen MR) is 107 cm³/mol. The molecule has 3 atom stereocenters. The second-order valence-corrected chi connectivity index (χ2v) is 8.73. The minimum Gasteiger partial charge on any atom is -0.492 e. The first kappa shape index (κ1) is 18.7. The van der Waals surface area contributed by atoms with Gasteiger partial charge in [-0.15, -0.1) is 0 Å². The maximum atomic E-state index is 15.6. The van der Waals surface area contributed by atoms with Crippen molar-refractivity contribution in [1.82, 2.24) is 9.55 Å². The number of nitrogens with zero attached hydrogens (tertiary/aromatic N) is 2. The first-order chi connectivity index (χ1) is 13.9. The molecule has 2 heterocycles. The van der Waals surface area contributed by atoms with Gasteiger partial charge >= 0.3 is 5.69 Å². The Balaban J connectivity index is 1.76. The number of aryl methyl sites for hydroxylation is 1. The Kier molecular flexibility index (Phi) is 4.24. The average molecular weight is 403 g/mol. The molecule has 0 amide bonds. The van der Waals surface area contributed by atoms with Crippen molar-refractivity contribution in [3.63, 3.8) is 0 Å². The third-order valence-electron chi connectivity index (χ3n) is 6.98. The van der Waals surface area contributed by atoms with E-state index < -0.39 is 17.1 Å². The van der Waals surface area contributed by atoms with Crippen molar-refractivity contribution in [2.75, 3.05) is 25.1 Å². The summed E-state index contributed by atoms with van der Waals surface area (Å²) in [5, 5.41) is 10.6. The fourth-order valence-corrected chi connectivity index (χ4v) is 5.40. The lowest BCUT2D eigenvalue weighted by Gasteiger charge is -2.28. The number of nitrogens with one attached hydrogen (secondary N) is 1. The van der Waals surface area contributed by atoms with Crippen molar-refractivity contribution in [2.24, 2.45) is 11.8 Å². The molecule has 2 saturated carbocycles. The molecule has 7 nitrogen and oxygen atoms in total. The Morgan fingerprint density at radius 3 is 2.59 bits per heavy atom. The molecule has 8 heteroatoms. The highest BCUT2D eigenvalue weighted by atomic mass is 19.1. The highest BCUT2D eigenvalue weighted by molar-refractivity contribution is 5.93. The molecule has 3 unspecified atom stereocenters. The Morgan fingerprint density at radius 1 is 1.17 bits per heavy atom. The number of benzene rings is 1. The first-order valence-corrected chi connectivity index (χ1v) is 10.4. The summed E-state index contributed by atoms with van der Waals surface area (Å²) in [4.78, 5) is 29.4. The molecule has 2 aromatic rings. The maximum Gasteiger partial charge on any atom is 0.329 e. The van der Waals surface area contributed by atoms with Gasteiger partial charge in [0, 0.05) is 30.6 Å². The van der Waals surface area contributed by atoms with Gasteiger partial charge < -0.3 is 14.7 Å². The number of aromatic amines is 1. The molecule has 29 heavy (non-hydrogen) atoms. The Hall–Kier alpha value is -2.35. The summed E-state index contributed by atoms with van der Waals surface area (Å²) in [7, 11) is 1.45. The number of halogens is 1. The Labute approximate surface area is 167 Å². The number of anilines is 1. The number of fused-ring (bicyclic) bond motifs is 2. The van der Waals surface area contributed by atoms with E-state index in [1.54, 1.807) is 11.5 Å². The van der Waals surface area contributed by atoms with Gasteiger partial charge in [-0.25, -0.2) is 9.18 Å². The number of rotatable bonds is 3. The summed E-state index contributed by atoms with van der Waals surface area (Å²) >= 11 is 0. The normalized spacial score (nSPS) is 26.8. The highest BCUT2D eigenvalue weighted by Crippen LogP contribution is 2.47. The number of aromatic nitrogens is 2. The van der Waals surface area contributed by atoms with Gasteiger partial charge in [-0.3, -0.25) is 14.3 Å². The fraction of sp³-hybridized carbons (Fsp3) is 0.619. The van der Waals surface area contributed by atoms with Crippen LogP contribution in [0.5, 0.6) is 5.75 Å². The Morgan fingerprint density at radius 2 is 1.93 bits per heavy atom. The zero-order valence-electron chi connectivity index (χ0n) is 16.7. The Bertz CT molecular complexity index is 1100. The lowest BCUT2D eigenvalue weighted by atomic mass is 9.80. The molecule has 1 aromatic carbocycles. The quantitative estimate of drug-likeness (QED) is 0.819. The number of hydrogen-bond acceptors (Lipinski definition) is 5. The first-order valence-electron chi connectivity index (χ1n) is 10.4. The molecule has 1 aliphatic heterocycles. The van der Waals surface area contributed by atoms with E-state index in [9.17, 15) is 14.7 Å². The third kappa shape index (κ3) is 2.72. The van der Waals surface area contributed by atoms with E-state index in [0.717, 1.165) is 32.1 Å². The second kappa shape index (κ2) is 6.58. The summed E-state index contributed by atoms with van der Waals surface area (Å²) in [6, 6.07) is -0.00329. The van der Waals surface area contributed by atoms with Gasteiger partial charge in [0.25, 0.3) is 5.56 Å². The summed E-state index contributed by atoms with van der Waals surface area (Å²) in [5.74, 6) is 0.164. The number of aliphatic hydroxyl groups excluding tert-OH is 1. The van der Waals surface area contributed by atoms with Crippen LogP contribution in [-0.2, 0) is 0 Å². The van der Waals surface area contributed by atoms with Crippen molar-refractivity contribution < 1.29 is 14.2 Å². The van der Waals surface area contributed by atoms with Gasteiger partial charge in [0.2, 0.25) is 0 Å². The standard InChI is InChI=1S/C21H26FN3O4/c1-10-15-17(25(12-6-7-12)21(28)23-20(15)27)19(29-2)18(16(10)22)24-8-11-4-3-5-14(26)13(11)9-24/h11-14,26H,3-9H2,1-2H3,(H,23,27,28). The number of hydrogen-bond donors (Lipinski definition) is 2. The van der Waals surface area contributed by atoms with Crippen LogP contribution in [-0.4, -0.2) is 41.0 Å². The molecule has 2 N–H and O–H groups in total. The molecule has 156 valence electrons. The van der Waals surface area contributed by atoms with Gasteiger partial charge in [0.05, 0.1) is 18.6 Å². The predicted octanol–water partition coefficient (Wildman–Crippen LogP) is 2.08. The lowest BCUT2D eigenvalue weighted by Crippen LogP contribution is -2.32. The summed E-state index contributed by atoms with van der Waals surface area (Å²) < 4.78 is 22.8. The van der Waals surface area contributed by atoms with E-state index >= 15 is 4.39 Å². The smallest absolute Gasteiger partial charge is 0.329 e.